The van der Waals surface area contributed by atoms with Gasteiger partial charge in [-0.2, -0.15) is 8.42 Å². The first-order valence-electron chi connectivity index (χ1n) is 4.49. The van der Waals surface area contributed by atoms with Crippen LogP contribution in [-0.2, 0) is 21.6 Å². The van der Waals surface area contributed by atoms with Gasteiger partial charge in [0, 0.05) is 12.2 Å². The van der Waals surface area contributed by atoms with Crippen LogP contribution >= 0.6 is 0 Å². The fourth-order valence-corrected chi connectivity index (χ4v) is 1.62. The maximum atomic E-state index is 10.9. The van der Waals surface area contributed by atoms with E-state index in [1.807, 2.05) is 13.0 Å². The zero-order valence-corrected chi connectivity index (χ0v) is 9.25. The molecule has 0 aliphatic rings. The standard InChI is InChI=1S/C9H14N2O3S/c1-2-14-7-8-5-3-4-6-9(8)11-15(10,12)13/h3-6,11H,2,7H2,1H3,(H2,10,12,13). The molecule has 84 valence electrons. The van der Waals surface area contributed by atoms with E-state index >= 15 is 0 Å². The van der Waals surface area contributed by atoms with E-state index in [0.29, 0.717) is 18.9 Å². The van der Waals surface area contributed by atoms with Crippen LogP contribution in [0.25, 0.3) is 0 Å². The number of benzene rings is 1. The molecule has 0 aliphatic carbocycles. The second-order valence-electron chi connectivity index (χ2n) is 2.94. The van der Waals surface area contributed by atoms with Gasteiger partial charge in [-0.15, -0.1) is 0 Å². The number of nitrogens with two attached hydrogens (primary N) is 1. The summed E-state index contributed by atoms with van der Waals surface area (Å²) in [4.78, 5) is 0. The van der Waals surface area contributed by atoms with E-state index in [4.69, 9.17) is 9.88 Å². The Hall–Kier alpha value is -1.11. The van der Waals surface area contributed by atoms with Crippen LogP contribution in [0.3, 0.4) is 0 Å². The molecular formula is C9H14N2O3S. The minimum absolute atomic E-state index is 0.356. The zero-order chi connectivity index (χ0) is 11.3. The Kier molecular flexibility index (Phi) is 4.07. The average Bonchev–Trinajstić information content (AvgIpc) is 2.14. The van der Waals surface area contributed by atoms with Crippen molar-refractivity contribution in [2.24, 2.45) is 5.14 Å². The van der Waals surface area contributed by atoms with Gasteiger partial charge < -0.3 is 4.74 Å². The lowest BCUT2D eigenvalue weighted by molar-refractivity contribution is 0.134. The number of nitrogens with one attached hydrogen (secondary N) is 1. The smallest absolute Gasteiger partial charge is 0.296 e. The summed E-state index contributed by atoms with van der Waals surface area (Å²) in [6.45, 7) is 2.80. The molecule has 0 aromatic heterocycles. The predicted molar refractivity (Wildman–Crippen MR) is 58.5 cm³/mol. The number of anilines is 1. The third-order valence-electron chi connectivity index (χ3n) is 1.73. The van der Waals surface area contributed by atoms with Crippen molar-refractivity contribution >= 4 is 15.9 Å². The molecule has 0 saturated heterocycles. The maximum Gasteiger partial charge on any atom is 0.296 e. The Morgan fingerprint density at radius 2 is 2.07 bits per heavy atom. The third-order valence-corrected chi connectivity index (χ3v) is 2.24. The molecule has 0 fully saturated rings. The Morgan fingerprint density at radius 3 is 2.67 bits per heavy atom. The van der Waals surface area contributed by atoms with Crippen LogP contribution in [-0.4, -0.2) is 15.0 Å². The van der Waals surface area contributed by atoms with Gasteiger partial charge in [-0.05, 0) is 13.0 Å². The van der Waals surface area contributed by atoms with Crippen molar-refractivity contribution in [1.29, 1.82) is 0 Å². The molecular weight excluding hydrogens is 216 g/mol. The van der Waals surface area contributed by atoms with Gasteiger partial charge in [0.25, 0.3) is 10.2 Å². The quantitative estimate of drug-likeness (QED) is 0.786. The van der Waals surface area contributed by atoms with Gasteiger partial charge in [-0.3, -0.25) is 4.72 Å². The van der Waals surface area contributed by atoms with Gasteiger partial charge in [-0.1, -0.05) is 18.2 Å². The Morgan fingerprint density at radius 1 is 1.40 bits per heavy atom. The Bertz CT molecular complexity index is 417. The lowest BCUT2D eigenvalue weighted by Crippen LogP contribution is -2.22. The normalized spacial score (nSPS) is 11.3. The molecule has 0 atom stereocenters. The molecule has 0 aliphatic heterocycles. The van der Waals surface area contributed by atoms with Crippen LogP contribution in [0.4, 0.5) is 5.69 Å². The SMILES string of the molecule is CCOCc1ccccc1NS(N)(=O)=O. The van der Waals surface area contributed by atoms with E-state index in [9.17, 15) is 8.42 Å². The molecule has 6 heteroatoms. The first kappa shape index (κ1) is 12.0. The first-order valence-corrected chi connectivity index (χ1v) is 6.03. The van der Waals surface area contributed by atoms with Crippen LogP contribution in [0.15, 0.2) is 24.3 Å². The highest BCUT2D eigenvalue weighted by atomic mass is 32.2. The van der Waals surface area contributed by atoms with Gasteiger partial charge in [0.2, 0.25) is 0 Å². The van der Waals surface area contributed by atoms with Crippen molar-refractivity contribution in [2.45, 2.75) is 13.5 Å². The number of ether oxygens (including phenoxy) is 1. The monoisotopic (exact) mass is 230 g/mol. The largest absolute Gasteiger partial charge is 0.377 e. The van der Waals surface area contributed by atoms with E-state index in [2.05, 4.69) is 4.72 Å². The van der Waals surface area contributed by atoms with Crippen molar-refractivity contribution in [2.75, 3.05) is 11.3 Å². The highest BCUT2D eigenvalue weighted by molar-refractivity contribution is 7.90. The van der Waals surface area contributed by atoms with Crippen LogP contribution in [0, 0.1) is 0 Å². The molecule has 1 rings (SSSR count). The topological polar surface area (TPSA) is 81.4 Å². The molecule has 0 saturated carbocycles. The summed E-state index contributed by atoms with van der Waals surface area (Å²) < 4.78 is 29.1. The zero-order valence-electron chi connectivity index (χ0n) is 8.43. The van der Waals surface area contributed by atoms with Gasteiger partial charge in [-0.25, -0.2) is 5.14 Å². The van der Waals surface area contributed by atoms with E-state index in [0.717, 1.165) is 5.56 Å². The molecule has 1 aromatic rings. The van der Waals surface area contributed by atoms with E-state index < -0.39 is 10.2 Å². The average molecular weight is 230 g/mol. The number of hydrogen-bond acceptors (Lipinski definition) is 3. The molecule has 0 bridgehead atoms. The Balaban J connectivity index is 2.86. The van der Waals surface area contributed by atoms with Gasteiger partial charge in [0.05, 0.1) is 12.3 Å². The molecule has 1 aromatic carbocycles. The lowest BCUT2D eigenvalue weighted by Gasteiger charge is -2.09. The van der Waals surface area contributed by atoms with Crippen LogP contribution in [0.2, 0.25) is 0 Å². The van der Waals surface area contributed by atoms with Crippen molar-refractivity contribution in [3.63, 3.8) is 0 Å². The minimum atomic E-state index is -3.73. The molecule has 5 nitrogen and oxygen atoms in total. The maximum absolute atomic E-state index is 10.9. The van der Waals surface area contributed by atoms with Crippen LogP contribution < -0.4 is 9.86 Å². The van der Waals surface area contributed by atoms with Crippen molar-refractivity contribution in [1.82, 2.24) is 0 Å². The third kappa shape index (κ3) is 4.28. The van der Waals surface area contributed by atoms with Gasteiger partial charge >= 0.3 is 0 Å². The highest BCUT2D eigenvalue weighted by Crippen LogP contribution is 2.16. The molecule has 0 unspecified atom stereocenters. The number of hydrogen-bond donors (Lipinski definition) is 2. The lowest BCUT2D eigenvalue weighted by atomic mass is 10.2. The summed E-state index contributed by atoms with van der Waals surface area (Å²) in [6.07, 6.45) is 0. The summed E-state index contributed by atoms with van der Waals surface area (Å²) in [5.74, 6) is 0. The minimum Gasteiger partial charge on any atom is -0.377 e. The molecule has 15 heavy (non-hydrogen) atoms. The second-order valence-corrected chi connectivity index (χ2v) is 4.24. The molecule has 0 heterocycles. The summed E-state index contributed by atoms with van der Waals surface area (Å²) in [7, 11) is -3.73. The Labute approximate surface area is 89.4 Å². The van der Waals surface area contributed by atoms with Crippen molar-refractivity contribution < 1.29 is 13.2 Å². The van der Waals surface area contributed by atoms with E-state index in [-0.39, 0.29) is 0 Å². The second kappa shape index (κ2) is 5.11. The van der Waals surface area contributed by atoms with Crippen LogP contribution in [0.5, 0.6) is 0 Å². The molecule has 3 N–H and O–H groups in total. The fraction of sp³-hybridized carbons (Fsp3) is 0.333. The predicted octanol–water partition coefficient (Wildman–Crippen LogP) is 0.839. The first-order chi connectivity index (χ1) is 7.03. The highest BCUT2D eigenvalue weighted by Gasteiger charge is 2.06. The van der Waals surface area contributed by atoms with Gasteiger partial charge in [0.15, 0.2) is 0 Å². The summed E-state index contributed by atoms with van der Waals surface area (Å²) in [5, 5.41) is 4.89. The molecule has 0 amide bonds. The molecule has 0 spiro atoms. The fourth-order valence-electron chi connectivity index (χ4n) is 1.11. The molecule has 0 radical (unpaired) electrons. The van der Waals surface area contributed by atoms with Crippen LogP contribution in [0.1, 0.15) is 12.5 Å². The van der Waals surface area contributed by atoms with E-state index in [1.165, 1.54) is 0 Å². The van der Waals surface area contributed by atoms with E-state index in [1.54, 1.807) is 18.2 Å². The van der Waals surface area contributed by atoms with Crippen molar-refractivity contribution in [3.8, 4) is 0 Å². The number of para-hydroxylation sites is 1. The summed E-state index contributed by atoms with van der Waals surface area (Å²) in [6, 6.07) is 6.95. The number of rotatable bonds is 5. The summed E-state index contributed by atoms with van der Waals surface area (Å²) in [5.41, 5.74) is 1.21. The van der Waals surface area contributed by atoms with Crippen molar-refractivity contribution in [3.05, 3.63) is 29.8 Å². The van der Waals surface area contributed by atoms with Gasteiger partial charge in [0.1, 0.15) is 0 Å². The summed E-state index contributed by atoms with van der Waals surface area (Å²) >= 11 is 0.